The van der Waals surface area contributed by atoms with Crippen LogP contribution in [-0.2, 0) is 12.6 Å². The van der Waals surface area contributed by atoms with Crippen LogP contribution in [0.25, 0.3) is 22.3 Å². The number of hydrogen-bond acceptors (Lipinski definition) is 2. The number of alkyl halides is 3. The number of benzene rings is 3. The lowest BCUT2D eigenvalue weighted by molar-refractivity contribution is -0.603. The maximum atomic E-state index is 13.3. The summed E-state index contributed by atoms with van der Waals surface area (Å²) in [4.78, 5) is 4.26. The first-order valence-electron chi connectivity index (χ1n) is 8.76. The number of nitrogens with zero attached hydrogens (tertiary/aromatic N) is 2. The van der Waals surface area contributed by atoms with Crippen molar-refractivity contribution < 1.29 is 22.3 Å². The van der Waals surface area contributed by atoms with E-state index in [0.717, 1.165) is 17.7 Å². The Morgan fingerprint density at radius 1 is 0.897 bits per heavy atom. The minimum Gasteiger partial charge on any atom is -0.710 e. The van der Waals surface area contributed by atoms with Crippen LogP contribution in [0.15, 0.2) is 72.8 Å². The largest absolute Gasteiger partial charge is 0.710 e. The lowest BCUT2D eigenvalue weighted by Crippen LogP contribution is -2.36. The molecule has 0 amide bonds. The van der Waals surface area contributed by atoms with Gasteiger partial charge in [0, 0.05) is 6.42 Å². The zero-order valence-corrected chi connectivity index (χ0v) is 14.9. The van der Waals surface area contributed by atoms with Crippen LogP contribution >= 0.6 is 0 Å². The predicted molar refractivity (Wildman–Crippen MR) is 100 cm³/mol. The Bertz CT molecular complexity index is 1170. The Balaban J connectivity index is 1.97. The molecule has 146 valence electrons. The number of hydrogen-bond donors (Lipinski definition) is 0. The highest BCUT2D eigenvalue weighted by Gasteiger charge is 2.32. The molecule has 1 aromatic heterocycles. The average molecular weight is 398 g/mol. The van der Waals surface area contributed by atoms with Crippen LogP contribution in [0.1, 0.15) is 16.8 Å². The summed E-state index contributed by atoms with van der Waals surface area (Å²) >= 11 is 0. The molecule has 29 heavy (non-hydrogen) atoms. The average Bonchev–Trinajstić information content (AvgIpc) is 2.70. The van der Waals surface area contributed by atoms with Gasteiger partial charge >= 0.3 is 12.0 Å². The Morgan fingerprint density at radius 2 is 1.59 bits per heavy atom. The van der Waals surface area contributed by atoms with Gasteiger partial charge in [-0.3, -0.25) is 0 Å². The molecule has 0 aliphatic rings. The van der Waals surface area contributed by atoms with Gasteiger partial charge in [-0.2, -0.15) is 13.2 Å². The molecule has 4 aromatic rings. The summed E-state index contributed by atoms with van der Waals surface area (Å²) in [5, 5.41) is 13.2. The zero-order chi connectivity index (χ0) is 20.6. The maximum absolute atomic E-state index is 13.3. The fraction of sp³-hybridized carbons (Fsp3) is 0.0909. The van der Waals surface area contributed by atoms with Crippen LogP contribution in [0, 0.1) is 11.0 Å². The number of rotatable bonds is 3. The SMILES string of the molecule is [O-][n+]1c(-c2ccc(F)cc2)nc2ccc(C(F)(F)F)cc2c1Cc1ccccc1. The molecular formula is C22H14F4N2O. The summed E-state index contributed by atoms with van der Waals surface area (Å²) < 4.78 is 53.4. The third-order valence-corrected chi connectivity index (χ3v) is 4.62. The van der Waals surface area contributed by atoms with Crippen molar-refractivity contribution in [1.29, 1.82) is 0 Å². The van der Waals surface area contributed by atoms with Gasteiger partial charge in [0.15, 0.2) is 5.52 Å². The van der Waals surface area contributed by atoms with Crippen LogP contribution < -0.4 is 4.73 Å². The molecule has 0 saturated carbocycles. The minimum absolute atomic E-state index is 0.00295. The Hall–Kier alpha value is -3.48. The van der Waals surface area contributed by atoms with Crippen LogP contribution in [0.4, 0.5) is 17.6 Å². The van der Waals surface area contributed by atoms with Crippen molar-refractivity contribution in [2.75, 3.05) is 0 Å². The second-order valence-corrected chi connectivity index (χ2v) is 6.58. The molecule has 0 aliphatic carbocycles. The van der Waals surface area contributed by atoms with E-state index in [4.69, 9.17) is 0 Å². The lowest BCUT2D eigenvalue weighted by Gasteiger charge is -2.15. The molecule has 0 radical (unpaired) electrons. The Labute approximate surface area is 163 Å². The van der Waals surface area contributed by atoms with Gasteiger partial charge in [0.1, 0.15) is 11.5 Å². The van der Waals surface area contributed by atoms with Crippen LogP contribution in [0.3, 0.4) is 0 Å². The van der Waals surface area contributed by atoms with Crippen molar-refractivity contribution in [3.05, 3.63) is 101 Å². The van der Waals surface area contributed by atoms with Gasteiger partial charge < -0.3 is 5.21 Å². The van der Waals surface area contributed by atoms with E-state index in [1.165, 1.54) is 30.3 Å². The second kappa shape index (κ2) is 7.16. The van der Waals surface area contributed by atoms with Crippen LogP contribution in [-0.4, -0.2) is 4.98 Å². The first kappa shape index (κ1) is 18.9. The van der Waals surface area contributed by atoms with Gasteiger partial charge in [-0.05, 0) is 53.0 Å². The summed E-state index contributed by atoms with van der Waals surface area (Å²) in [6.45, 7) is 0. The summed E-state index contributed by atoms with van der Waals surface area (Å²) in [5.74, 6) is -0.463. The second-order valence-electron chi connectivity index (χ2n) is 6.58. The van der Waals surface area contributed by atoms with Gasteiger partial charge in [0.25, 0.3) is 0 Å². The first-order valence-corrected chi connectivity index (χ1v) is 8.76. The summed E-state index contributed by atoms with van der Waals surface area (Å²) in [5.41, 5.74) is 0.696. The van der Waals surface area contributed by atoms with Crippen LogP contribution in [0.2, 0.25) is 0 Å². The fourth-order valence-corrected chi connectivity index (χ4v) is 3.17. The molecule has 0 fully saturated rings. The lowest BCUT2D eigenvalue weighted by atomic mass is 10.0. The third-order valence-electron chi connectivity index (χ3n) is 4.62. The Kier molecular flexibility index (Phi) is 4.66. The van der Waals surface area contributed by atoms with Crippen molar-refractivity contribution in [3.8, 4) is 11.4 Å². The van der Waals surface area contributed by atoms with E-state index in [-0.39, 0.29) is 28.8 Å². The fourth-order valence-electron chi connectivity index (χ4n) is 3.17. The van der Waals surface area contributed by atoms with Gasteiger partial charge in [-0.15, -0.1) is 0 Å². The quantitative estimate of drug-likeness (QED) is 0.267. The monoisotopic (exact) mass is 398 g/mol. The third kappa shape index (κ3) is 3.76. The molecule has 0 atom stereocenters. The molecule has 0 unspecified atom stereocenters. The highest BCUT2D eigenvalue weighted by molar-refractivity contribution is 5.82. The van der Waals surface area contributed by atoms with Gasteiger partial charge in [0.05, 0.1) is 16.5 Å². The minimum atomic E-state index is -4.54. The summed E-state index contributed by atoms with van der Waals surface area (Å²) in [6, 6.07) is 17.3. The number of aromatic nitrogens is 2. The van der Waals surface area contributed by atoms with Crippen molar-refractivity contribution in [1.82, 2.24) is 4.98 Å². The number of fused-ring (bicyclic) bond motifs is 1. The van der Waals surface area contributed by atoms with Crippen LogP contribution in [0.5, 0.6) is 0 Å². The molecular weight excluding hydrogens is 384 g/mol. The standard InChI is InChI=1S/C22H14F4N2O/c23-17-9-6-15(7-10-17)21-27-19-11-8-16(22(24,25)26)13-18(19)20(28(21)29)12-14-4-2-1-3-5-14/h1-11,13H,12H2. The zero-order valence-electron chi connectivity index (χ0n) is 14.9. The molecule has 0 spiro atoms. The Morgan fingerprint density at radius 3 is 2.24 bits per heavy atom. The molecule has 0 N–H and O–H groups in total. The van der Waals surface area contributed by atoms with Crippen molar-refractivity contribution in [2.45, 2.75) is 12.6 Å². The normalized spacial score (nSPS) is 11.7. The van der Waals surface area contributed by atoms with Gasteiger partial charge in [-0.1, -0.05) is 30.3 Å². The van der Waals surface area contributed by atoms with E-state index >= 15 is 0 Å². The topological polar surface area (TPSA) is 39.8 Å². The first-order chi connectivity index (χ1) is 13.8. The molecule has 3 aromatic carbocycles. The smallest absolute Gasteiger partial charge is 0.416 e. The van der Waals surface area contributed by atoms with E-state index < -0.39 is 17.6 Å². The van der Waals surface area contributed by atoms with E-state index in [9.17, 15) is 22.8 Å². The molecule has 7 heteroatoms. The summed E-state index contributed by atoms with van der Waals surface area (Å²) in [7, 11) is 0. The van der Waals surface area contributed by atoms with E-state index in [2.05, 4.69) is 4.98 Å². The van der Waals surface area contributed by atoms with Gasteiger partial charge in [0.2, 0.25) is 0 Å². The molecule has 0 bridgehead atoms. The van der Waals surface area contributed by atoms with E-state index in [0.29, 0.717) is 10.3 Å². The van der Waals surface area contributed by atoms with E-state index in [1.807, 2.05) is 6.07 Å². The maximum Gasteiger partial charge on any atom is 0.416 e. The summed E-state index contributed by atoms with van der Waals surface area (Å²) in [6.07, 6.45) is -4.42. The highest BCUT2D eigenvalue weighted by atomic mass is 19.4. The van der Waals surface area contributed by atoms with E-state index in [1.54, 1.807) is 24.3 Å². The van der Waals surface area contributed by atoms with Crippen molar-refractivity contribution in [3.63, 3.8) is 0 Å². The van der Waals surface area contributed by atoms with Gasteiger partial charge in [-0.25, -0.2) is 9.12 Å². The van der Waals surface area contributed by atoms with Crippen molar-refractivity contribution >= 4 is 10.9 Å². The predicted octanol–water partition coefficient (Wildman–Crippen LogP) is 5.28. The molecule has 1 heterocycles. The van der Waals surface area contributed by atoms with Crippen molar-refractivity contribution in [2.24, 2.45) is 0 Å². The molecule has 3 nitrogen and oxygen atoms in total. The molecule has 0 saturated heterocycles. The number of halogens is 4. The molecule has 0 aliphatic heterocycles. The highest BCUT2D eigenvalue weighted by Crippen LogP contribution is 2.32. The molecule has 4 rings (SSSR count).